The molecule has 11 heteroatoms. The zero-order chi connectivity index (χ0) is 26.3. The van der Waals surface area contributed by atoms with Crippen LogP contribution in [0.3, 0.4) is 0 Å². The van der Waals surface area contributed by atoms with Gasteiger partial charge in [-0.05, 0) is 32.9 Å². The summed E-state index contributed by atoms with van der Waals surface area (Å²) in [7, 11) is 0. The Morgan fingerprint density at radius 2 is 2.00 bits per heavy atom. The number of hydrogen-bond donors (Lipinski definition) is 2. The van der Waals surface area contributed by atoms with Crippen molar-refractivity contribution >= 4 is 22.4 Å². The molecule has 37 heavy (non-hydrogen) atoms. The molecular formula is C26H31F3N6O2. The third kappa shape index (κ3) is 4.83. The minimum atomic E-state index is -3.68. The first-order valence-corrected chi connectivity index (χ1v) is 12.4. The summed E-state index contributed by atoms with van der Waals surface area (Å²) in [5.41, 5.74) is 2.38. The Labute approximate surface area is 213 Å². The average molecular weight is 517 g/mol. The number of halogens is 3. The maximum Gasteiger partial charge on any atom is 0.298 e. The highest BCUT2D eigenvalue weighted by Crippen LogP contribution is 2.35. The number of aryl methyl sites for hydroxylation is 2. The van der Waals surface area contributed by atoms with Crippen LogP contribution in [0.2, 0.25) is 0 Å². The van der Waals surface area contributed by atoms with Gasteiger partial charge < -0.3 is 20.1 Å². The summed E-state index contributed by atoms with van der Waals surface area (Å²) in [6, 6.07) is 5.42. The molecule has 8 nitrogen and oxygen atoms in total. The molecule has 2 aliphatic heterocycles. The van der Waals surface area contributed by atoms with Crippen molar-refractivity contribution in [1.82, 2.24) is 20.1 Å². The second kappa shape index (κ2) is 10.0. The summed E-state index contributed by atoms with van der Waals surface area (Å²) in [6.07, 6.45) is 0. The van der Waals surface area contributed by atoms with Crippen LogP contribution >= 0.6 is 0 Å². The van der Waals surface area contributed by atoms with Gasteiger partial charge in [-0.1, -0.05) is 12.1 Å². The average Bonchev–Trinajstić information content (AvgIpc) is 2.90. The van der Waals surface area contributed by atoms with Crippen molar-refractivity contribution in [3.63, 3.8) is 0 Å². The van der Waals surface area contributed by atoms with Gasteiger partial charge in [0.1, 0.15) is 12.4 Å². The van der Waals surface area contributed by atoms with Crippen LogP contribution in [-0.4, -0.2) is 77.2 Å². The van der Waals surface area contributed by atoms with Gasteiger partial charge in [-0.3, -0.25) is 4.90 Å². The van der Waals surface area contributed by atoms with Crippen LogP contribution in [0.5, 0.6) is 0 Å². The molecule has 5 rings (SSSR count). The lowest BCUT2D eigenvalue weighted by Crippen LogP contribution is -2.58. The number of morpholine rings is 1. The Morgan fingerprint density at radius 3 is 2.78 bits per heavy atom. The van der Waals surface area contributed by atoms with Crippen molar-refractivity contribution in [2.45, 2.75) is 38.8 Å². The molecule has 0 saturated carbocycles. The fourth-order valence-electron chi connectivity index (χ4n) is 5.20. The van der Waals surface area contributed by atoms with Gasteiger partial charge in [-0.2, -0.15) is 13.9 Å². The van der Waals surface area contributed by atoms with Crippen LogP contribution in [0.4, 0.5) is 24.7 Å². The number of nitrogens with one attached hydrogen (secondary N) is 1. The van der Waals surface area contributed by atoms with Crippen molar-refractivity contribution < 1.29 is 23.0 Å². The van der Waals surface area contributed by atoms with Crippen LogP contribution < -0.4 is 10.2 Å². The molecule has 2 fully saturated rings. The highest BCUT2D eigenvalue weighted by atomic mass is 19.3. The smallest absolute Gasteiger partial charge is 0.298 e. The fraction of sp³-hybridized carbons (Fsp3) is 0.500. The van der Waals surface area contributed by atoms with E-state index >= 15 is 4.39 Å². The molecule has 3 aromatic rings. The Balaban J connectivity index is 1.48. The number of rotatable bonds is 6. The number of aliphatic hydroxyl groups is 1. The van der Waals surface area contributed by atoms with Crippen LogP contribution in [0.15, 0.2) is 24.3 Å². The number of pyridine rings is 1. The van der Waals surface area contributed by atoms with E-state index in [1.165, 1.54) is 12.1 Å². The number of hydrogen-bond acceptors (Lipinski definition) is 8. The highest BCUT2D eigenvalue weighted by molar-refractivity contribution is 5.93. The third-order valence-electron chi connectivity index (χ3n) is 7.30. The van der Waals surface area contributed by atoms with Gasteiger partial charge in [0, 0.05) is 37.1 Å². The molecule has 198 valence electrons. The van der Waals surface area contributed by atoms with Gasteiger partial charge >= 0.3 is 0 Å². The van der Waals surface area contributed by atoms with Crippen molar-refractivity contribution in [3.05, 3.63) is 52.6 Å². The van der Waals surface area contributed by atoms with E-state index in [0.717, 1.165) is 55.6 Å². The molecule has 4 heterocycles. The van der Waals surface area contributed by atoms with E-state index in [-0.39, 0.29) is 5.56 Å². The highest BCUT2D eigenvalue weighted by Gasteiger charge is 2.35. The van der Waals surface area contributed by atoms with Gasteiger partial charge in [-0.15, -0.1) is 5.10 Å². The van der Waals surface area contributed by atoms with Gasteiger partial charge in [0.25, 0.3) is 5.92 Å². The molecule has 0 amide bonds. The first-order chi connectivity index (χ1) is 17.7. The molecule has 2 atom stereocenters. The molecule has 2 aromatic heterocycles. The molecule has 0 unspecified atom stereocenters. The summed E-state index contributed by atoms with van der Waals surface area (Å²) in [4.78, 5) is 9.60. The van der Waals surface area contributed by atoms with Gasteiger partial charge in [0.15, 0.2) is 5.82 Å². The molecule has 0 bridgehead atoms. The normalized spacial score (nSPS) is 19.6. The second-order valence-corrected chi connectivity index (χ2v) is 9.77. The molecule has 0 aliphatic carbocycles. The summed E-state index contributed by atoms with van der Waals surface area (Å²) in [5, 5.41) is 21.4. The zero-order valence-corrected chi connectivity index (χ0v) is 21.1. The quantitative estimate of drug-likeness (QED) is 0.515. The van der Waals surface area contributed by atoms with E-state index in [4.69, 9.17) is 14.8 Å². The molecular weight excluding hydrogens is 485 g/mol. The first-order valence-electron chi connectivity index (χ1n) is 12.4. The summed E-state index contributed by atoms with van der Waals surface area (Å²) in [5.74, 6) is -4.35. The lowest BCUT2D eigenvalue weighted by atomic mass is 10.00. The van der Waals surface area contributed by atoms with Crippen LogP contribution in [0.1, 0.15) is 35.5 Å². The number of nitrogens with zero attached hydrogens (tertiary/aromatic N) is 5. The van der Waals surface area contributed by atoms with Crippen molar-refractivity contribution in [2.24, 2.45) is 0 Å². The number of piperazine rings is 1. The Kier molecular flexibility index (Phi) is 6.95. The van der Waals surface area contributed by atoms with E-state index in [2.05, 4.69) is 25.3 Å². The molecule has 2 aliphatic rings. The SMILES string of the molecule is Cc1nc2c(C)nnc(N[C@H](C)c3cccc(C(F)(F)CO)c3F)c2cc1N1CCN2CCOC[C@@H]2C1. The Hall–Kier alpha value is -3.02. The number of aliphatic hydroxyl groups excluding tert-OH is 1. The predicted molar refractivity (Wildman–Crippen MR) is 135 cm³/mol. The number of fused-ring (bicyclic) bond motifs is 2. The minimum Gasteiger partial charge on any atom is -0.390 e. The standard InChI is InChI=1S/C26H31F3N6O2/c1-15(19-5-4-6-21(23(19)27)26(28,29)14-36)31-25-20-11-22(16(2)30-24(20)17(3)32-33-25)35-8-7-34-9-10-37-13-18(34)12-35/h4-6,11,15,18,36H,7-10,12-14H2,1-3H3,(H,31,33)/t15-,18+/m1/s1. The summed E-state index contributed by atoms with van der Waals surface area (Å²) in [6.45, 7) is 9.01. The van der Waals surface area contributed by atoms with Crippen molar-refractivity contribution in [2.75, 3.05) is 56.2 Å². The van der Waals surface area contributed by atoms with E-state index in [0.29, 0.717) is 29.7 Å². The zero-order valence-electron chi connectivity index (χ0n) is 21.1. The van der Waals surface area contributed by atoms with Crippen LogP contribution in [0, 0.1) is 19.7 Å². The third-order valence-corrected chi connectivity index (χ3v) is 7.30. The Bertz CT molecular complexity index is 1310. The molecule has 0 spiro atoms. The Morgan fingerprint density at radius 1 is 1.19 bits per heavy atom. The fourth-order valence-corrected chi connectivity index (χ4v) is 5.20. The number of alkyl halides is 2. The topological polar surface area (TPSA) is 86.6 Å². The monoisotopic (exact) mass is 516 g/mol. The van der Waals surface area contributed by atoms with Crippen LogP contribution in [-0.2, 0) is 10.7 Å². The van der Waals surface area contributed by atoms with Gasteiger partial charge in [-0.25, -0.2) is 9.37 Å². The largest absolute Gasteiger partial charge is 0.390 e. The van der Waals surface area contributed by atoms with Gasteiger partial charge in [0.2, 0.25) is 0 Å². The minimum absolute atomic E-state index is 0.0369. The van der Waals surface area contributed by atoms with Crippen LogP contribution in [0.25, 0.3) is 10.9 Å². The summed E-state index contributed by atoms with van der Waals surface area (Å²) < 4.78 is 48.9. The summed E-state index contributed by atoms with van der Waals surface area (Å²) >= 11 is 0. The number of aromatic nitrogens is 3. The molecule has 1 aromatic carbocycles. The molecule has 0 radical (unpaired) electrons. The van der Waals surface area contributed by atoms with Crippen molar-refractivity contribution in [1.29, 1.82) is 0 Å². The molecule has 2 saturated heterocycles. The first kappa shape index (κ1) is 25.6. The lowest BCUT2D eigenvalue weighted by Gasteiger charge is -2.44. The molecule has 2 N–H and O–H groups in total. The maximum atomic E-state index is 15.1. The predicted octanol–water partition coefficient (Wildman–Crippen LogP) is 3.56. The lowest BCUT2D eigenvalue weighted by molar-refractivity contribution is -0.0583. The van der Waals surface area contributed by atoms with Gasteiger partial charge in [0.05, 0.1) is 53.5 Å². The maximum absolute atomic E-state index is 15.1. The number of ether oxygens (including phenoxy) is 1. The number of anilines is 2. The van der Waals surface area contributed by atoms with Crippen molar-refractivity contribution in [3.8, 4) is 0 Å². The number of benzene rings is 1. The van der Waals surface area contributed by atoms with E-state index in [1.54, 1.807) is 6.92 Å². The van der Waals surface area contributed by atoms with E-state index in [1.807, 2.05) is 19.9 Å². The van der Waals surface area contributed by atoms with E-state index in [9.17, 15) is 8.78 Å². The second-order valence-electron chi connectivity index (χ2n) is 9.77. The van der Waals surface area contributed by atoms with E-state index < -0.39 is 30.0 Å².